The van der Waals surface area contributed by atoms with Gasteiger partial charge in [0.2, 0.25) is 0 Å². The van der Waals surface area contributed by atoms with Gasteiger partial charge in [0.1, 0.15) is 29.0 Å². The van der Waals surface area contributed by atoms with Crippen LogP contribution in [0.4, 0.5) is 10.1 Å². The van der Waals surface area contributed by atoms with E-state index in [1.165, 1.54) is 12.1 Å². The maximum atomic E-state index is 13.2. The van der Waals surface area contributed by atoms with Gasteiger partial charge in [0, 0.05) is 24.9 Å². The average molecular weight is 466 g/mol. The van der Waals surface area contributed by atoms with Crippen molar-refractivity contribution < 1.29 is 28.1 Å². The first kappa shape index (κ1) is 23.6. The maximum Gasteiger partial charge on any atom is 0.338 e. The molecule has 0 saturated carbocycles. The number of hydrogen-bond acceptors (Lipinski definition) is 6. The van der Waals surface area contributed by atoms with Crippen LogP contribution in [0.1, 0.15) is 41.4 Å². The van der Waals surface area contributed by atoms with Gasteiger partial charge in [0.25, 0.3) is 0 Å². The van der Waals surface area contributed by atoms with Crippen molar-refractivity contribution in [1.82, 2.24) is 0 Å². The summed E-state index contributed by atoms with van der Waals surface area (Å²) in [5.74, 6) is 0.582. The lowest BCUT2D eigenvalue weighted by atomic mass is 9.87. The van der Waals surface area contributed by atoms with E-state index in [-0.39, 0.29) is 5.82 Å². The second-order valence-electron chi connectivity index (χ2n) is 8.65. The fourth-order valence-electron chi connectivity index (χ4n) is 4.01. The van der Waals surface area contributed by atoms with Crippen LogP contribution in [0.25, 0.3) is 0 Å². The lowest BCUT2D eigenvalue weighted by Gasteiger charge is -2.43. The average Bonchev–Trinajstić information content (AvgIpc) is 2.84. The normalized spacial score (nSPS) is 18.4. The molecule has 6 nitrogen and oxygen atoms in total. The van der Waals surface area contributed by atoms with E-state index >= 15 is 0 Å². The van der Waals surface area contributed by atoms with E-state index in [4.69, 9.17) is 18.9 Å². The van der Waals surface area contributed by atoms with E-state index in [2.05, 4.69) is 5.32 Å². The summed E-state index contributed by atoms with van der Waals surface area (Å²) in [5, 5.41) is 3.33. The minimum atomic E-state index is -0.821. The van der Waals surface area contributed by atoms with Crippen molar-refractivity contribution in [1.29, 1.82) is 0 Å². The third-order valence-electron chi connectivity index (χ3n) is 5.87. The molecule has 0 amide bonds. The van der Waals surface area contributed by atoms with Crippen LogP contribution in [-0.4, -0.2) is 31.9 Å². The number of hydrogen-bond donors (Lipinski definition) is 1. The zero-order chi connectivity index (χ0) is 24.3. The van der Waals surface area contributed by atoms with Crippen molar-refractivity contribution >= 4 is 11.7 Å². The third-order valence-corrected chi connectivity index (χ3v) is 5.87. The topological polar surface area (TPSA) is 66.0 Å². The van der Waals surface area contributed by atoms with Crippen LogP contribution in [0.15, 0.2) is 66.7 Å². The molecule has 1 aliphatic rings. The van der Waals surface area contributed by atoms with Crippen molar-refractivity contribution in [3.8, 4) is 11.5 Å². The van der Waals surface area contributed by atoms with Crippen molar-refractivity contribution in [3.63, 3.8) is 0 Å². The van der Waals surface area contributed by atoms with E-state index < -0.39 is 23.8 Å². The number of rotatable bonds is 7. The Hall–Kier alpha value is -3.58. The van der Waals surface area contributed by atoms with Crippen molar-refractivity contribution in [2.45, 2.75) is 38.2 Å². The second-order valence-corrected chi connectivity index (χ2v) is 8.65. The molecule has 3 aromatic carbocycles. The Morgan fingerprint density at radius 3 is 2.38 bits per heavy atom. The van der Waals surface area contributed by atoms with E-state index in [0.717, 1.165) is 16.8 Å². The fraction of sp³-hybridized carbons (Fsp3) is 0.296. The Labute approximate surface area is 198 Å². The Bertz CT molecular complexity index is 1140. The van der Waals surface area contributed by atoms with Crippen molar-refractivity contribution in [3.05, 3.63) is 89.2 Å². The highest BCUT2D eigenvalue weighted by molar-refractivity contribution is 5.89. The van der Waals surface area contributed by atoms with Gasteiger partial charge in [-0.2, -0.15) is 0 Å². The highest BCUT2D eigenvalue weighted by Crippen LogP contribution is 2.44. The number of benzene rings is 3. The number of esters is 1. The summed E-state index contributed by atoms with van der Waals surface area (Å²) in [6.45, 7) is 4.27. The molecule has 7 heteroatoms. The predicted molar refractivity (Wildman–Crippen MR) is 127 cm³/mol. The summed E-state index contributed by atoms with van der Waals surface area (Å²) in [5.41, 5.74) is 2.16. The smallest absolute Gasteiger partial charge is 0.338 e. The Balaban J connectivity index is 1.55. The molecule has 1 aliphatic heterocycles. The highest BCUT2D eigenvalue weighted by Gasteiger charge is 2.47. The second kappa shape index (κ2) is 9.73. The molecule has 178 valence electrons. The highest BCUT2D eigenvalue weighted by atomic mass is 19.1. The molecule has 0 fully saturated rings. The van der Waals surface area contributed by atoms with Crippen LogP contribution >= 0.6 is 0 Å². The molecule has 3 aromatic rings. The first-order valence-corrected chi connectivity index (χ1v) is 11.0. The lowest BCUT2D eigenvalue weighted by Crippen LogP contribution is -2.51. The molecular formula is C27H28FNO5. The monoisotopic (exact) mass is 465 g/mol. The lowest BCUT2D eigenvalue weighted by molar-refractivity contribution is -0.129. The van der Waals surface area contributed by atoms with Gasteiger partial charge in [-0.25, -0.2) is 9.18 Å². The standard InChI is InChI=1S/C27H28FNO5/c1-27(2)25(33-26(30)18-7-12-21(31-3)13-8-18)24(32-4)22-15-20(11-14-23(22)34-27)29-16-17-5-9-19(28)10-6-17/h5-15,24-25,29H,16H2,1-4H3. The molecular weight excluding hydrogens is 437 g/mol. The van der Waals surface area contributed by atoms with Gasteiger partial charge in [0.15, 0.2) is 6.10 Å². The van der Waals surface area contributed by atoms with Crippen LogP contribution in [0.3, 0.4) is 0 Å². The quantitative estimate of drug-likeness (QED) is 0.463. The number of nitrogens with one attached hydrogen (secondary N) is 1. The first-order valence-electron chi connectivity index (χ1n) is 11.0. The van der Waals surface area contributed by atoms with Gasteiger partial charge in [-0.05, 0) is 74.0 Å². The van der Waals surface area contributed by atoms with Gasteiger partial charge in [-0.15, -0.1) is 0 Å². The SMILES string of the molecule is COc1ccc(C(=O)OC2C(OC)c3cc(NCc4ccc(F)cc4)ccc3OC2(C)C)cc1. The maximum absolute atomic E-state index is 13.2. The number of fused-ring (bicyclic) bond motifs is 1. The molecule has 2 unspecified atom stereocenters. The summed E-state index contributed by atoms with van der Waals surface area (Å²) in [6.07, 6.45) is -1.22. The van der Waals surface area contributed by atoms with Gasteiger partial charge < -0.3 is 24.3 Å². The summed E-state index contributed by atoms with van der Waals surface area (Å²) in [6, 6.07) is 18.8. The molecule has 34 heavy (non-hydrogen) atoms. The molecule has 0 spiro atoms. The molecule has 2 atom stereocenters. The van der Waals surface area contributed by atoms with Gasteiger partial charge in [-0.1, -0.05) is 12.1 Å². The zero-order valence-electron chi connectivity index (χ0n) is 19.6. The summed E-state index contributed by atoms with van der Waals surface area (Å²) in [7, 11) is 3.15. The fourth-order valence-corrected chi connectivity index (χ4v) is 4.01. The van der Waals surface area contributed by atoms with Crippen LogP contribution in [0.5, 0.6) is 11.5 Å². The predicted octanol–water partition coefficient (Wildman–Crippen LogP) is 5.53. The zero-order valence-corrected chi connectivity index (χ0v) is 19.6. The number of methoxy groups -OCH3 is 2. The van der Waals surface area contributed by atoms with E-state index in [9.17, 15) is 9.18 Å². The number of ether oxygens (including phenoxy) is 4. The van der Waals surface area contributed by atoms with E-state index in [0.29, 0.717) is 23.6 Å². The molecule has 0 bridgehead atoms. The largest absolute Gasteiger partial charge is 0.497 e. The minimum Gasteiger partial charge on any atom is -0.497 e. The Kier molecular flexibility index (Phi) is 6.75. The molecule has 0 aromatic heterocycles. The molecule has 1 N–H and O–H groups in total. The van der Waals surface area contributed by atoms with Gasteiger partial charge in [0.05, 0.1) is 12.7 Å². The van der Waals surface area contributed by atoms with Crippen molar-refractivity contribution in [2.24, 2.45) is 0 Å². The van der Waals surface area contributed by atoms with E-state index in [1.54, 1.807) is 50.6 Å². The molecule has 0 aliphatic carbocycles. The Morgan fingerprint density at radius 2 is 1.74 bits per heavy atom. The first-order chi connectivity index (χ1) is 16.3. The summed E-state index contributed by atoms with van der Waals surface area (Å²) < 4.78 is 36.3. The van der Waals surface area contributed by atoms with Gasteiger partial charge >= 0.3 is 5.97 Å². The molecule has 4 rings (SSSR count). The van der Waals surface area contributed by atoms with Crippen LogP contribution < -0.4 is 14.8 Å². The summed E-state index contributed by atoms with van der Waals surface area (Å²) >= 11 is 0. The minimum absolute atomic E-state index is 0.268. The number of halogens is 1. The molecule has 1 heterocycles. The van der Waals surface area contributed by atoms with Gasteiger partial charge in [-0.3, -0.25) is 0 Å². The summed E-state index contributed by atoms with van der Waals surface area (Å²) in [4.78, 5) is 12.9. The Morgan fingerprint density at radius 1 is 1.03 bits per heavy atom. The number of anilines is 1. The van der Waals surface area contributed by atoms with E-state index in [1.807, 2.05) is 32.0 Å². The number of carbonyl (C=O) groups is 1. The van der Waals surface area contributed by atoms with Crippen LogP contribution in [0, 0.1) is 5.82 Å². The third kappa shape index (κ3) is 4.99. The van der Waals surface area contributed by atoms with Crippen LogP contribution in [-0.2, 0) is 16.0 Å². The molecule has 0 saturated heterocycles. The number of carbonyl (C=O) groups excluding carboxylic acids is 1. The molecule has 0 radical (unpaired) electrons. The van der Waals surface area contributed by atoms with Crippen LogP contribution in [0.2, 0.25) is 0 Å². The van der Waals surface area contributed by atoms with Crippen molar-refractivity contribution in [2.75, 3.05) is 19.5 Å².